The summed E-state index contributed by atoms with van der Waals surface area (Å²) in [6.07, 6.45) is 3.04. The van der Waals surface area contributed by atoms with Crippen LogP contribution in [0, 0.1) is 20.8 Å². The van der Waals surface area contributed by atoms with Gasteiger partial charge in [0.05, 0.1) is 5.69 Å². The summed E-state index contributed by atoms with van der Waals surface area (Å²) in [4.78, 5) is 4.62. The Morgan fingerprint density at radius 2 is 1.88 bits per heavy atom. The quantitative estimate of drug-likeness (QED) is 0.551. The predicted octanol–water partition coefficient (Wildman–Crippen LogP) is 3.58. The van der Waals surface area contributed by atoms with Crippen LogP contribution in [0.1, 0.15) is 27.8 Å². The number of nitrogens with zero attached hydrogens (tertiary/aromatic N) is 1. The summed E-state index contributed by atoms with van der Waals surface area (Å²) in [6.45, 7) is 6.51. The van der Waals surface area contributed by atoms with Crippen LogP contribution in [0.4, 0.5) is 0 Å². The van der Waals surface area contributed by atoms with Crippen LogP contribution in [0.5, 0.6) is 0 Å². The summed E-state index contributed by atoms with van der Waals surface area (Å²) < 4.78 is 0. The molecule has 0 unspecified atom stereocenters. The van der Waals surface area contributed by atoms with Gasteiger partial charge in [-0.1, -0.05) is 18.2 Å². The van der Waals surface area contributed by atoms with E-state index in [1.54, 1.807) is 0 Å². The van der Waals surface area contributed by atoms with Gasteiger partial charge in [-0.25, -0.2) is 0 Å². The molecule has 1 aliphatic rings. The number of fused-ring (bicyclic) bond motifs is 3. The van der Waals surface area contributed by atoms with Gasteiger partial charge in [0.25, 0.3) is 0 Å². The minimum absolute atomic E-state index is 1.05. The molecular formula is C15H15N. The Labute approximate surface area is 96.2 Å². The lowest BCUT2D eigenvalue weighted by Gasteiger charge is -2.07. The maximum absolute atomic E-state index is 4.62. The Balaban J connectivity index is 2.34. The number of aromatic nitrogens is 1. The highest BCUT2D eigenvalue weighted by Gasteiger charge is 2.23. The van der Waals surface area contributed by atoms with Crippen LogP contribution >= 0.6 is 0 Å². The van der Waals surface area contributed by atoms with E-state index in [2.05, 4.69) is 44.0 Å². The molecule has 0 atom stereocenters. The van der Waals surface area contributed by atoms with Gasteiger partial charge in [0, 0.05) is 18.2 Å². The van der Waals surface area contributed by atoms with E-state index in [0.29, 0.717) is 0 Å². The first-order valence-corrected chi connectivity index (χ1v) is 5.72. The number of benzene rings is 1. The van der Waals surface area contributed by atoms with Crippen molar-refractivity contribution in [1.82, 2.24) is 4.98 Å². The molecule has 0 saturated carbocycles. The fourth-order valence-corrected chi connectivity index (χ4v) is 2.59. The fraction of sp³-hybridized carbons (Fsp3) is 0.267. The first kappa shape index (κ1) is 9.59. The minimum Gasteiger partial charge on any atom is -0.256 e. The van der Waals surface area contributed by atoms with Crippen LogP contribution in [0.2, 0.25) is 0 Å². The van der Waals surface area contributed by atoms with E-state index in [4.69, 9.17) is 0 Å². The van der Waals surface area contributed by atoms with E-state index >= 15 is 0 Å². The van der Waals surface area contributed by atoms with Gasteiger partial charge in [0.1, 0.15) is 0 Å². The molecule has 0 spiro atoms. The lowest BCUT2D eigenvalue weighted by molar-refractivity contribution is 1.14. The lowest BCUT2D eigenvalue weighted by Crippen LogP contribution is -1.93. The van der Waals surface area contributed by atoms with E-state index < -0.39 is 0 Å². The first-order chi connectivity index (χ1) is 7.68. The maximum atomic E-state index is 4.62. The Morgan fingerprint density at radius 3 is 2.69 bits per heavy atom. The second-order valence-corrected chi connectivity index (χ2v) is 4.68. The van der Waals surface area contributed by atoms with Gasteiger partial charge in [0.2, 0.25) is 0 Å². The molecule has 16 heavy (non-hydrogen) atoms. The summed E-state index contributed by atoms with van der Waals surface area (Å²) in [5.41, 5.74) is 9.45. The third-order valence-corrected chi connectivity index (χ3v) is 3.68. The second kappa shape index (κ2) is 3.18. The van der Waals surface area contributed by atoms with Crippen LogP contribution in [-0.4, -0.2) is 4.98 Å². The van der Waals surface area contributed by atoms with Crippen molar-refractivity contribution in [3.63, 3.8) is 0 Å². The molecule has 0 N–H and O–H groups in total. The lowest BCUT2D eigenvalue weighted by atomic mass is 10.0. The molecule has 1 aromatic heterocycles. The molecule has 0 saturated heterocycles. The van der Waals surface area contributed by atoms with Crippen LogP contribution in [0.15, 0.2) is 24.4 Å². The van der Waals surface area contributed by atoms with Crippen molar-refractivity contribution in [3.8, 4) is 11.3 Å². The van der Waals surface area contributed by atoms with Crippen LogP contribution in [-0.2, 0) is 6.42 Å². The molecule has 3 rings (SSSR count). The summed E-state index contributed by atoms with van der Waals surface area (Å²) in [7, 11) is 0. The number of rotatable bonds is 0. The second-order valence-electron chi connectivity index (χ2n) is 4.68. The van der Waals surface area contributed by atoms with Crippen molar-refractivity contribution in [2.24, 2.45) is 0 Å². The van der Waals surface area contributed by atoms with E-state index in [9.17, 15) is 0 Å². The molecule has 0 aliphatic heterocycles. The molecule has 0 fully saturated rings. The Bertz CT molecular complexity index is 582. The molecule has 1 nitrogen and oxygen atoms in total. The average molecular weight is 209 g/mol. The van der Waals surface area contributed by atoms with Crippen LogP contribution in [0.25, 0.3) is 11.3 Å². The molecule has 0 radical (unpaired) electrons. The fourth-order valence-electron chi connectivity index (χ4n) is 2.59. The summed E-state index contributed by atoms with van der Waals surface area (Å²) in [5.74, 6) is 0. The van der Waals surface area contributed by atoms with Gasteiger partial charge in [-0.05, 0) is 48.6 Å². The van der Waals surface area contributed by atoms with Gasteiger partial charge >= 0.3 is 0 Å². The molecule has 1 aliphatic carbocycles. The van der Waals surface area contributed by atoms with Crippen molar-refractivity contribution >= 4 is 0 Å². The van der Waals surface area contributed by atoms with Gasteiger partial charge in [-0.15, -0.1) is 0 Å². The van der Waals surface area contributed by atoms with Gasteiger partial charge in [-0.2, -0.15) is 0 Å². The third kappa shape index (κ3) is 1.15. The van der Waals surface area contributed by atoms with Gasteiger partial charge < -0.3 is 0 Å². The van der Waals surface area contributed by atoms with E-state index in [0.717, 1.165) is 6.42 Å². The van der Waals surface area contributed by atoms with Crippen LogP contribution in [0.3, 0.4) is 0 Å². The summed E-state index contributed by atoms with van der Waals surface area (Å²) in [6, 6.07) is 6.53. The molecule has 2 aromatic rings. The first-order valence-electron chi connectivity index (χ1n) is 5.72. The highest BCUT2D eigenvalue weighted by atomic mass is 14.7. The number of pyridine rings is 1. The average Bonchev–Trinajstić information content (AvgIpc) is 2.64. The SMILES string of the molecule is Cc1cnc2c(c1C)Cc1cccc(C)c1-2. The van der Waals surface area contributed by atoms with Crippen molar-refractivity contribution < 1.29 is 0 Å². The van der Waals surface area contributed by atoms with Crippen LogP contribution < -0.4 is 0 Å². The smallest absolute Gasteiger partial charge is 0.0745 e. The highest BCUT2D eigenvalue weighted by molar-refractivity contribution is 5.77. The normalized spacial score (nSPS) is 12.4. The Morgan fingerprint density at radius 1 is 1.06 bits per heavy atom. The van der Waals surface area contributed by atoms with Gasteiger partial charge in [0.15, 0.2) is 0 Å². The highest BCUT2D eigenvalue weighted by Crippen LogP contribution is 2.39. The maximum Gasteiger partial charge on any atom is 0.0745 e. The molecular weight excluding hydrogens is 194 g/mol. The molecule has 0 amide bonds. The molecule has 0 bridgehead atoms. The zero-order valence-corrected chi connectivity index (χ0v) is 9.96. The molecule has 80 valence electrons. The largest absolute Gasteiger partial charge is 0.256 e. The molecule has 1 aromatic carbocycles. The van der Waals surface area contributed by atoms with Gasteiger partial charge in [-0.3, -0.25) is 4.98 Å². The Kier molecular flexibility index (Phi) is 1.90. The summed E-state index contributed by atoms with van der Waals surface area (Å²) in [5, 5.41) is 0. The topological polar surface area (TPSA) is 12.9 Å². The number of hydrogen-bond acceptors (Lipinski definition) is 1. The zero-order valence-electron chi connectivity index (χ0n) is 9.96. The zero-order chi connectivity index (χ0) is 11.3. The summed E-state index contributed by atoms with van der Waals surface area (Å²) >= 11 is 0. The monoisotopic (exact) mass is 209 g/mol. The standard InChI is InChI=1S/C15H15N/c1-9-5-4-6-12-7-13-11(3)10(2)8-16-15(13)14(9)12/h4-6,8H,7H2,1-3H3. The van der Waals surface area contributed by atoms with Crippen molar-refractivity contribution in [2.45, 2.75) is 27.2 Å². The number of aryl methyl sites for hydroxylation is 2. The van der Waals surface area contributed by atoms with E-state index in [1.807, 2.05) is 6.20 Å². The molecule has 1 heterocycles. The Hall–Kier alpha value is -1.63. The van der Waals surface area contributed by atoms with E-state index in [1.165, 1.54) is 39.1 Å². The minimum atomic E-state index is 1.05. The number of hydrogen-bond donors (Lipinski definition) is 0. The van der Waals surface area contributed by atoms with Crippen molar-refractivity contribution in [1.29, 1.82) is 0 Å². The third-order valence-electron chi connectivity index (χ3n) is 3.68. The molecule has 1 heteroatoms. The van der Waals surface area contributed by atoms with Crippen molar-refractivity contribution in [3.05, 3.63) is 52.2 Å². The van der Waals surface area contributed by atoms with Crippen molar-refractivity contribution in [2.75, 3.05) is 0 Å². The van der Waals surface area contributed by atoms with E-state index in [-0.39, 0.29) is 0 Å². The predicted molar refractivity (Wildman–Crippen MR) is 66.7 cm³/mol.